The third kappa shape index (κ3) is 8.43. The third-order valence-corrected chi connectivity index (χ3v) is 4.81. The summed E-state index contributed by atoms with van der Waals surface area (Å²) in [4.78, 5) is 24.3. The van der Waals surface area contributed by atoms with Gasteiger partial charge in [-0.25, -0.2) is 0 Å². The van der Waals surface area contributed by atoms with Gasteiger partial charge in [-0.2, -0.15) is 0 Å². The molecule has 2 aromatic carbocycles. The summed E-state index contributed by atoms with van der Waals surface area (Å²) in [5, 5.41) is 22.5. The quantitative estimate of drug-likeness (QED) is 0.495. The van der Waals surface area contributed by atoms with Crippen LogP contribution in [0.4, 0.5) is 0 Å². The molecule has 0 aliphatic rings. The van der Waals surface area contributed by atoms with Crippen LogP contribution in [0.1, 0.15) is 17.5 Å². The molecule has 164 valence electrons. The Balaban J connectivity index is 0.00000450. The molecule has 0 spiro atoms. The Bertz CT molecular complexity index is 797. The number of para-hydroxylation sites is 1. The number of benzene rings is 2. The van der Waals surface area contributed by atoms with Gasteiger partial charge >= 0.3 is 0 Å². The fraction of sp³-hybridized carbons (Fsp3) is 0.391. The molecule has 2 unspecified atom stereocenters. The van der Waals surface area contributed by atoms with Crippen molar-refractivity contribution in [1.29, 1.82) is 0 Å². The zero-order valence-electron chi connectivity index (χ0n) is 17.3. The number of aryl methyl sites for hydroxylation is 2. The van der Waals surface area contributed by atoms with Crippen LogP contribution in [-0.4, -0.2) is 44.1 Å². The molecule has 0 heterocycles. The predicted molar refractivity (Wildman–Crippen MR) is 113 cm³/mol. The zero-order chi connectivity index (χ0) is 21.2. The Morgan fingerprint density at radius 3 is 2.20 bits per heavy atom. The SMILES string of the molecule is CN(C)CC(COc1ccccc1CCc1ccccc1)C(CC(=O)[O-])C(=O)[O-].Cl. The second kappa shape index (κ2) is 12.9. The molecule has 0 fully saturated rings. The Kier molecular flexibility index (Phi) is 10.9. The lowest BCUT2D eigenvalue weighted by molar-refractivity contribution is -0.322. The molecule has 0 saturated carbocycles. The summed E-state index contributed by atoms with van der Waals surface area (Å²) in [6.07, 6.45) is 1.04. The number of carbonyl (C=O) groups excluding carboxylic acids is 2. The highest BCUT2D eigenvalue weighted by atomic mass is 35.5. The normalized spacial score (nSPS) is 12.6. The van der Waals surface area contributed by atoms with E-state index in [1.165, 1.54) is 5.56 Å². The number of hydrogen-bond acceptors (Lipinski definition) is 6. The van der Waals surface area contributed by atoms with Crippen LogP contribution in [0.5, 0.6) is 5.75 Å². The molecule has 6 nitrogen and oxygen atoms in total. The van der Waals surface area contributed by atoms with Crippen LogP contribution in [0.25, 0.3) is 0 Å². The summed E-state index contributed by atoms with van der Waals surface area (Å²) in [6.45, 7) is 0.435. The smallest absolute Gasteiger partial charge is 0.122 e. The Hall–Kier alpha value is -2.57. The molecule has 0 bridgehead atoms. The molecular formula is C23H28ClNO5-2. The minimum absolute atomic E-state index is 0. The van der Waals surface area contributed by atoms with Crippen molar-refractivity contribution in [1.82, 2.24) is 4.90 Å². The maximum Gasteiger partial charge on any atom is 0.122 e. The molecule has 0 saturated heterocycles. The second-order valence-corrected chi connectivity index (χ2v) is 7.43. The van der Waals surface area contributed by atoms with E-state index in [0.29, 0.717) is 12.3 Å². The van der Waals surface area contributed by atoms with Crippen LogP contribution in [0.3, 0.4) is 0 Å². The van der Waals surface area contributed by atoms with Gasteiger partial charge in [-0.05, 0) is 50.6 Å². The minimum atomic E-state index is -1.41. The summed E-state index contributed by atoms with van der Waals surface area (Å²) in [5.74, 6) is -3.86. The maximum atomic E-state index is 11.5. The van der Waals surface area contributed by atoms with E-state index in [-0.39, 0.29) is 19.0 Å². The molecule has 7 heteroatoms. The number of aliphatic carboxylic acids is 2. The van der Waals surface area contributed by atoms with E-state index in [1.807, 2.05) is 42.5 Å². The first-order valence-electron chi connectivity index (χ1n) is 9.67. The molecule has 2 rings (SSSR count). The lowest BCUT2D eigenvalue weighted by atomic mass is 9.89. The highest BCUT2D eigenvalue weighted by Gasteiger charge is 2.25. The molecule has 0 aliphatic carbocycles. The van der Waals surface area contributed by atoms with Gasteiger partial charge in [0.1, 0.15) is 5.75 Å². The number of carbonyl (C=O) groups is 2. The molecular weight excluding hydrogens is 406 g/mol. The highest BCUT2D eigenvalue weighted by molar-refractivity contribution is 5.85. The largest absolute Gasteiger partial charge is 0.550 e. The lowest BCUT2D eigenvalue weighted by Gasteiger charge is -2.30. The average molecular weight is 434 g/mol. The number of carboxylic acid groups (broad SMARTS) is 2. The molecule has 30 heavy (non-hydrogen) atoms. The van der Waals surface area contributed by atoms with Crippen molar-refractivity contribution in [2.45, 2.75) is 19.3 Å². The standard InChI is InChI=1S/C23H29NO5.ClH/c1-24(2)15-19(20(23(27)28)14-22(25)26)16-29-21-11-7-6-10-18(21)13-12-17-8-4-3-5-9-17;/h3-11,19-20H,12-16H2,1-2H3,(H,25,26)(H,27,28);1H/p-2. The number of rotatable bonds is 12. The third-order valence-electron chi connectivity index (χ3n) is 4.81. The first kappa shape index (κ1) is 25.5. The van der Waals surface area contributed by atoms with Crippen LogP contribution >= 0.6 is 12.4 Å². The number of halogens is 1. The number of ether oxygens (including phenoxy) is 1. The first-order chi connectivity index (χ1) is 13.9. The highest BCUT2D eigenvalue weighted by Crippen LogP contribution is 2.23. The van der Waals surface area contributed by atoms with Crippen molar-refractivity contribution in [2.24, 2.45) is 11.8 Å². The van der Waals surface area contributed by atoms with Crippen molar-refractivity contribution < 1.29 is 24.5 Å². The van der Waals surface area contributed by atoms with Gasteiger partial charge in [0, 0.05) is 30.3 Å². The van der Waals surface area contributed by atoms with E-state index in [0.717, 1.165) is 18.4 Å². The van der Waals surface area contributed by atoms with Crippen molar-refractivity contribution in [2.75, 3.05) is 27.2 Å². The van der Waals surface area contributed by atoms with Gasteiger partial charge in [0.05, 0.1) is 6.61 Å². The summed E-state index contributed by atoms with van der Waals surface area (Å²) in [6, 6.07) is 17.7. The van der Waals surface area contributed by atoms with Crippen molar-refractivity contribution in [3.63, 3.8) is 0 Å². The molecule has 0 radical (unpaired) electrons. The zero-order valence-corrected chi connectivity index (χ0v) is 18.1. The molecule has 0 amide bonds. The Labute approximate surface area is 183 Å². The fourth-order valence-electron chi connectivity index (χ4n) is 3.36. The number of nitrogens with zero attached hydrogens (tertiary/aromatic N) is 1. The van der Waals surface area contributed by atoms with Gasteiger partial charge in [0.25, 0.3) is 0 Å². The number of hydrogen-bond donors (Lipinski definition) is 0. The van der Waals surface area contributed by atoms with E-state index >= 15 is 0 Å². The summed E-state index contributed by atoms with van der Waals surface area (Å²) in [5.41, 5.74) is 2.24. The summed E-state index contributed by atoms with van der Waals surface area (Å²) >= 11 is 0. The van der Waals surface area contributed by atoms with Crippen LogP contribution in [0.15, 0.2) is 54.6 Å². The Morgan fingerprint density at radius 1 is 0.967 bits per heavy atom. The number of carboxylic acids is 2. The van der Waals surface area contributed by atoms with E-state index in [2.05, 4.69) is 12.1 Å². The molecule has 0 N–H and O–H groups in total. The van der Waals surface area contributed by atoms with Gasteiger partial charge in [-0.15, -0.1) is 12.4 Å². The van der Waals surface area contributed by atoms with Gasteiger partial charge in [-0.3, -0.25) is 0 Å². The topological polar surface area (TPSA) is 92.7 Å². The average Bonchev–Trinajstić information content (AvgIpc) is 2.68. The van der Waals surface area contributed by atoms with Crippen molar-refractivity contribution >= 4 is 24.3 Å². The van der Waals surface area contributed by atoms with E-state index in [9.17, 15) is 19.8 Å². The first-order valence-corrected chi connectivity index (χ1v) is 9.67. The molecule has 2 aromatic rings. The molecule has 2 atom stereocenters. The van der Waals surface area contributed by atoms with Crippen molar-refractivity contribution in [3.8, 4) is 5.75 Å². The summed E-state index contributed by atoms with van der Waals surface area (Å²) in [7, 11) is 3.60. The molecule has 0 aliphatic heterocycles. The monoisotopic (exact) mass is 433 g/mol. The van der Waals surface area contributed by atoms with Gasteiger partial charge in [0.2, 0.25) is 0 Å². The van der Waals surface area contributed by atoms with Crippen LogP contribution in [0, 0.1) is 11.8 Å². The van der Waals surface area contributed by atoms with Crippen molar-refractivity contribution in [3.05, 3.63) is 65.7 Å². The predicted octanol–water partition coefficient (Wildman–Crippen LogP) is 0.956. The van der Waals surface area contributed by atoms with Crippen LogP contribution in [0.2, 0.25) is 0 Å². The van der Waals surface area contributed by atoms with Crippen LogP contribution in [-0.2, 0) is 22.4 Å². The Morgan fingerprint density at radius 2 is 1.60 bits per heavy atom. The van der Waals surface area contributed by atoms with Gasteiger partial charge in [0.15, 0.2) is 0 Å². The maximum absolute atomic E-state index is 11.5. The lowest BCUT2D eigenvalue weighted by Crippen LogP contribution is -2.44. The van der Waals surface area contributed by atoms with E-state index in [1.54, 1.807) is 19.0 Å². The van der Waals surface area contributed by atoms with E-state index in [4.69, 9.17) is 4.74 Å². The van der Waals surface area contributed by atoms with Crippen LogP contribution < -0.4 is 14.9 Å². The fourth-order valence-corrected chi connectivity index (χ4v) is 3.36. The van der Waals surface area contributed by atoms with Gasteiger partial charge < -0.3 is 29.4 Å². The summed E-state index contributed by atoms with van der Waals surface area (Å²) < 4.78 is 5.97. The van der Waals surface area contributed by atoms with Gasteiger partial charge in [-0.1, -0.05) is 48.5 Å². The molecule has 0 aromatic heterocycles. The van der Waals surface area contributed by atoms with E-state index < -0.39 is 30.2 Å². The minimum Gasteiger partial charge on any atom is -0.550 e. The second-order valence-electron chi connectivity index (χ2n) is 7.43.